The van der Waals surface area contributed by atoms with Gasteiger partial charge < -0.3 is 4.55 Å². The van der Waals surface area contributed by atoms with Crippen molar-refractivity contribution in [1.82, 2.24) is 0 Å². The normalized spacial score (nSPS) is 11.6. The van der Waals surface area contributed by atoms with Crippen LogP contribution in [0.2, 0.25) is 0 Å². The highest BCUT2D eigenvalue weighted by Crippen LogP contribution is 2.55. The minimum absolute atomic E-state index is 0.604. The van der Waals surface area contributed by atoms with Gasteiger partial charge in [0.1, 0.15) is 23.2 Å². The van der Waals surface area contributed by atoms with E-state index < -0.39 is 17.4 Å². The Hall–Kier alpha value is -3.04. The SMILES string of the molecule is C(=C/C[P+](c1ccccc1)(c1ccccc1)c1ccccc1)/Cc1ccccc1.CS(=O)(=O)[O-]. The summed E-state index contributed by atoms with van der Waals surface area (Å²) in [6.45, 7) is 0. The Balaban J connectivity index is 0.000000588. The molecule has 5 heteroatoms. The quantitative estimate of drug-likeness (QED) is 0.210. The van der Waals surface area contributed by atoms with Gasteiger partial charge in [0.2, 0.25) is 0 Å². The summed E-state index contributed by atoms with van der Waals surface area (Å²) in [4.78, 5) is 0. The molecule has 0 saturated heterocycles. The lowest BCUT2D eigenvalue weighted by molar-refractivity contribution is 0.470. The van der Waals surface area contributed by atoms with E-state index in [4.69, 9.17) is 13.0 Å². The molecule has 0 heterocycles. The van der Waals surface area contributed by atoms with E-state index in [1.807, 2.05) is 0 Å². The maximum Gasteiger partial charge on any atom is 0.115 e. The highest BCUT2D eigenvalue weighted by Gasteiger charge is 2.43. The van der Waals surface area contributed by atoms with Gasteiger partial charge in [0.05, 0.1) is 16.3 Å². The molecule has 34 heavy (non-hydrogen) atoms. The summed E-state index contributed by atoms with van der Waals surface area (Å²) < 4.78 is 27.2. The summed E-state index contributed by atoms with van der Waals surface area (Å²) in [6.07, 6.45) is 7.33. The molecule has 0 saturated carbocycles. The lowest BCUT2D eigenvalue weighted by Gasteiger charge is -2.26. The summed E-state index contributed by atoms with van der Waals surface area (Å²) >= 11 is 0. The predicted molar refractivity (Wildman–Crippen MR) is 145 cm³/mol. The van der Waals surface area contributed by atoms with Gasteiger partial charge in [-0.25, -0.2) is 8.42 Å². The first kappa shape index (κ1) is 25.6. The van der Waals surface area contributed by atoms with E-state index >= 15 is 0 Å². The molecule has 0 atom stereocenters. The molecule has 4 aromatic rings. The number of allylic oxidation sites excluding steroid dienone is 2. The van der Waals surface area contributed by atoms with Crippen LogP contribution in [0, 0.1) is 0 Å². The molecule has 0 unspecified atom stereocenters. The molecule has 0 aliphatic carbocycles. The van der Waals surface area contributed by atoms with Crippen LogP contribution in [-0.2, 0) is 16.5 Å². The van der Waals surface area contributed by atoms with Crippen LogP contribution in [0.5, 0.6) is 0 Å². The number of hydrogen-bond donors (Lipinski definition) is 0. The van der Waals surface area contributed by atoms with Crippen LogP contribution in [0.25, 0.3) is 0 Å². The van der Waals surface area contributed by atoms with Crippen molar-refractivity contribution in [2.24, 2.45) is 0 Å². The van der Waals surface area contributed by atoms with Crippen LogP contribution >= 0.6 is 7.26 Å². The van der Waals surface area contributed by atoms with Gasteiger partial charge in [-0.3, -0.25) is 0 Å². The van der Waals surface area contributed by atoms with Crippen molar-refractivity contribution in [2.75, 3.05) is 12.4 Å². The van der Waals surface area contributed by atoms with Crippen molar-refractivity contribution in [3.63, 3.8) is 0 Å². The van der Waals surface area contributed by atoms with Crippen molar-refractivity contribution in [3.8, 4) is 0 Å². The van der Waals surface area contributed by atoms with Gasteiger partial charge in [-0.1, -0.05) is 97.1 Å². The Morgan fingerprint density at radius 1 is 0.618 bits per heavy atom. The number of hydrogen-bond acceptors (Lipinski definition) is 3. The van der Waals surface area contributed by atoms with Crippen molar-refractivity contribution in [2.45, 2.75) is 6.42 Å². The molecular weight excluding hydrogens is 459 g/mol. The van der Waals surface area contributed by atoms with Crippen molar-refractivity contribution in [1.29, 1.82) is 0 Å². The lowest BCUT2D eigenvalue weighted by Crippen LogP contribution is -2.32. The molecule has 4 rings (SSSR count). The monoisotopic (exact) mass is 488 g/mol. The fraction of sp³-hybridized carbons (Fsp3) is 0.103. The van der Waals surface area contributed by atoms with Gasteiger partial charge in [-0.05, 0) is 48.4 Å². The average Bonchev–Trinajstić information content (AvgIpc) is 2.86. The van der Waals surface area contributed by atoms with Crippen molar-refractivity contribution in [3.05, 3.63) is 139 Å². The highest BCUT2D eigenvalue weighted by atomic mass is 32.2. The zero-order chi connectivity index (χ0) is 24.3. The smallest absolute Gasteiger partial charge is 0.115 e. The van der Waals surface area contributed by atoms with Crippen LogP contribution in [0.1, 0.15) is 5.56 Å². The lowest BCUT2D eigenvalue weighted by atomic mass is 10.1. The summed E-state index contributed by atoms with van der Waals surface area (Å²) in [6, 6.07) is 43.9. The summed E-state index contributed by atoms with van der Waals surface area (Å²) in [5.41, 5.74) is 1.35. The fourth-order valence-electron chi connectivity index (χ4n) is 3.88. The standard InChI is InChI=1S/C28H26P.CH4O3S/c1-5-15-25(16-6-1)17-13-14-24-29(26-18-7-2-8-19-26,27-20-9-3-10-21-27)28-22-11-4-12-23-28;1-5(2,3)4/h1-16,18-23H,17,24H2;1H3,(H,2,3,4)/q+1;/p-1/b14-13-;. The molecule has 0 spiro atoms. The van der Waals surface area contributed by atoms with Crippen LogP contribution in [0.3, 0.4) is 0 Å². The van der Waals surface area contributed by atoms with Crippen LogP contribution < -0.4 is 15.9 Å². The molecule has 4 aromatic carbocycles. The third-order valence-electron chi connectivity index (χ3n) is 5.33. The van der Waals surface area contributed by atoms with Crippen LogP contribution in [-0.4, -0.2) is 25.4 Å². The Bertz CT molecular complexity index is 1150. The highest BCUT2D eigenvalue weighted by molar-refractivity contribution is 7.95. The maximum absolute atomic E-state index is 9.08. The molecule has 174 valence electrons. The molecule has 3 nitrogen and oxygen atoms in total. The summed E-state index contributed by atoms with van der Waals surface area (Å²) in [5, 5.41) is 4.30. The summed E-state index contributed by atoms with van der Waals surface area (Å²) in [5.74, 6) is 0. The minimum Gasteiger partial charge on any atom is -0.748 e. The van der Waals surface area contributed by atoms with Gasteiger partial charge in [0, 0.05) is 6.26 Å². The van der Waals surface area contributed by atoms with Crippen LogP contribution in [0.4, 0.5) is 0 Å². The Kier molecular flexibility index (Phi) is 9.35. The largest absolute Gasteiger partial charge is 0.748 e. The van der Waals surface area contributed by atoms with Gasteiger partial charge in [-0.15, -0.1) is 0 Å². The van der Waals surface area contributed by atoms with Gasteiger partial charge in [-0.2, -0.15) is 0 Å². The molecule has 0 fully saturated rings. The third kappa shape index (κ3) is 7.50. The van der Waals surface area contributed by atoms with Crippen molar-refractivity contribution < 1.29 is 13.0 Å². The van der Waals surface area contributed by atoms with E-state index in [2.05, 4.69) is 133 Å². The van der Waals surface area contributed by atoms with Crippen molar-refractivity contribution >= 4 is 33.3 Å². The molecule has 0 amide bonds. The zero-order valence-corrected chi connectivity index (χ0v) is 20.9. The number of rotatable bonds is 7. The van der Waals surface area contributed by atoms with Gasteiger partial charge >= 0.3 is 0 Å². The second-order valence-electron chi connectivity index (χ2n) is 7.86. The first-order valence-electron chi connectivity index (χ1n) is 11.0. The molecular formula is C29H29O3PS. The molecule has 0 aliphatic heterocycles. The second-order valence-corrected chi connectivity index (χ2v) is 12.8. The van der Waals surface area contributed by atoms with E-state index in [1.165, 1.54) is 21.5 Å². The molecule has 0 aromatic heterocycles. The first-order chi connectivity index (χ1) is 16.4. The van der Waals surface area contributed by atoms with E-state index in [-0.39, 0.29) is 0 Å². The Morgan fingerprint density at radius 3 is 1.29 bits per heavy atom. The summed E-state index contributed by atoms with van der Waals surface area (Å²) in [7, 11) is -5.68. The van der Waals surface area contributed by atoms with E-state index in [0.717, 1.165) is 12.6 Å². The third-order valence-corrected chi connectivity index (χ3v) is 9.63. The Morgan fingerprint density at radius 2 is 0.941 bits per heavy atom. The van der Waals surface area contributed by atoms with Crippen LogP contribution in [0.15, 0.2) is 133 Å². The van der Waals surface area contributed by atoms with Gasteiger partial charge in [0.15, 0.2) is 0 Å². The first-order valence-corrected chi connectivity index (χ1v) is 14.8. The molecule has 0 N–H and O–H groups in total. The van der Waals surface area contributed by atoms with Gasteiger partial charge in [0.25, 0.3) is 0 Å². The zero-order valence-electron chi connectivity index (χ0n) is 19.2. The molecule has 0 radical (unpaired) electrons. The maximum atomic E-state index is 9.08. The fourth-order valence-corrected chi connectivity index (χ4v) is 7.91. The minimum atomic E-state index is -3.92. The second kappa shape index (κ2) is 12.4. The van der Waals surface area contributed by atoms with E-state index in [9.17, 15) is 0 Å². The molecule has 0 aliphatic rings. The van der Waals surface area contributed by atoms with E-state index in [0.29, 0.717) is 6.26 Å². The topological polar surface area (TPSA) is 57.2 Å². The van der Waals surface area contributed by atoms with E-state index in [1.54, 1.807) is 0 Å². The molecule has 0 bridgehead atoms. The Labute approximate surface area is 203 Å². The average molecular weight is 489 g/mol. The predicted octanol–water partition coefficient (Wildman–Crippen LogP) is 4.94. The number of benzene rings is 4.